The van der Waals surface area contributed by atoms with Crippen LogP contribution >= 0.6 is 0 Å². The fourth-order valence-electron chi connectivity index (χ4n) is 2.10. The van der Waals surface area contributed by atoms with E-state index in [-0.39, 0.29) is 11.7 Å². The van der Waals surface area contributed by atoms with Gasteiger partial charge in [-0.25, -0.2) is 4.99 Å². The highest BCUT2D eigenvalue weighted by atomic mass is 16.1. The molecule has 0 bridgehead atoms. The number of benzene rings is 1. The molecule has 2 rings (SSSR count). The summed E-state index contributed by atoms with van der Waals surface area (Å²) in [6, 6.07) is 7.90. The van der Waals surface area contributed by atoms with Crippen molar-refractivity contribution in [3.63, 3.8) is 0 Å². The van der Waals surface area contributed by atoms with E-state index in [1.54, 1.807) is 6.08 Å². The minimum Gasteiger partial charge on any atom is -0.388 e. The van der Waals surface area contributed by atoms with Crippen LogP contribution in [-0.2, 0) is 4.79 Å². The highest BCUT2D eigenvalue weighted by Gasteiger charge is 2.18. The zero-order chi connectivity index (χ0) is 14.7. The molecule has 0 spiro atoms. The van der Waals surface area contributed by atoms with E-state index < -0.39 is 0 Å². The number of hydrogen-bond donors (Lipinski definition) is 1. The first-order valence-corrected chi connectivity index (χ1v) is 6.82. The van der Waals surface area contributed by atoms with Gasteiger partial charge in [0, 0.05) is 18.3 Å². The Balaban J connectivity index is 2.36. The molecule has 0 saturated carbocycles. The molecule has 0 atom stereocenters. The van der Waals surface area contributed by atoms with Gasteiger partial charge < -0.3 is 5.32 Å². The molecule has 0 radical (unpaired) electrons. The van der Waals surface area contributed by atoms with E-state index in [1.807, 2.05) is 58.2 Å². The predicted molar refractivity (Wildman–Crippen MR) is 84.8 cm³/mol. The summed E-state index contributed by atoms with van der Waals surface area (Å²) in [4.78, 5) is 16.6. The molecule has 1 aliphatic rings. The maximum atomic E-state index is 11.9. The first-order chi connectivity index (χ1) is 9.51. The molecule has 0 fully saturated rings. The third-order valence-corrected chi connectivity index (χ3v) is 3.36. The maximum Gasteiger partial charge on any atom is 0.182 e. The molecule has 1 aromatic rings. The lowest BCUT2D eigenvalue weighted by atomic mass is 9.90. The smallest absolute Gasteiger partial charge is 0.182 e. The fourth-order valence-corrected chi connectivity index (χ4v) is 2.10. The van der Waals surface area contributed by atoms with Gasteiger partial charge in [0.05, 0.1) is 11.4 Å². The van der Waals surface area contributed by atoms with E-state index in [0.29, 0.717) is 0 Å². The molecule has 20 heavy (non-hydrogen) atoms. The van der Waals surface area contributed by atoms with Crippen LogP contribution in [0.15, 0.2) is 52.6 Å². The molecule has 0 unspecified atom stereocenters. The van der Waals surface area contributed by atoms with E-state index in [2.05, 4.69) is 10.3 Å². The summed E-state index contributed by atoms with van der Waals surface area (Å²) in [5.41, 5.74) is 4.54. The minimum absolute atomic E-state index is 0.0991. The van der Waals surface area contributed by atoms with Crippen molar-refractivity contribution in [1.29, 1.82) is 0 Å². The summed E-state index contributed by atoms with van der Waals surface area (Å²) in [5, 5.41) is 3.08. The molecule has 3 heteroatoms. The fraction of sp³-hybridized carbons (Fsp3) is 0.294. The number of anilines is 1. The second-order valence-electron chi connectivity index (χ2n) is 5.24. The number of carbonyl (C=O) groups excluding carboxylic acids is 1. The van der Waals surface area contributed by atoms with Gasteiger partial charge in [0.25, 0.3) is 0 Å². The minimum atomic E-state index is 0.0991. The summed E-state index contributed by atoms with van der Waals surface area (Å²) in [6.07, 6.45) is 3.59. The molecule has 104 valence electrons. The van der Waals surface area contributed by atoms with Crippen LogP contribution in [0.4, 0.5) is 11.4 Å². The molecule has 0 heterocycles. The van der Waals surface area contributed by atoms with E-state index >= 15 is 0 Å². The molecular weight excluding hydrogens is 248 g/mol. The quantitative estimate of drug-likeness (QED) is 0.844. The number of allylic oxidation sites excluding steroid dienone is 4. The Morgan fingerprint density at radius 2 is 1.75 bits per heavy atom. The Morgan fingerprint density at radius 3 is 2.30 bits per heavy atom. The molecule has 0 aromatic heterocycles. The first-order valence-electron chi connectivity index (χ1n) is 6.82. The zero-order valence-electron chi connectivity index (χ0n) is 12.4. The molecule has 0 aliphatic heterocycles. The summed E-state index contributed by atoms with van der Waals surface area (Å²) < 4.78 is 0. The second-order valence-corrected chi connectivity index (χ2v) is 5.24. The van der Waals surface area contributed by atoms with Gasteiger partial charge in [-0.1, -0.05) is 13.8 Å². The average molecular weight is 268 g/mol. The molecular formula is C17H20N2O. The lowest BCUT2D eigenvalue weighted by Gasteiger charge is -2.15. The summed E-state index contributed by atoms with van der Waals surface area (Å²) in [7, 11) is 1.89. The first kappa shape index (κ1) is 14.3. The summed E-state index contributed by atoms with van der Waals surface area (Å²) >= 11 is 0. The van der Waals surface area contributed by atoms with Crippen molar-refractivity contribution in [3.8, 4) is 0 Å². The number of carbonyl (C=O) groups is 1. The van der Waals surface area contributed by atoms with Crippen molar-refractivity contribution in [1.82, 2.24) is 0 Å². The van der Waals surface area contributed by atoms with Gasteiger partial charge in [-0.05, 0) is 54.8 Å². The van der Waals surface area contributed by atoms with Crippen LogP contribution in [0.5, 0.6) is 0 Å². The number of nitrogens with one attached hydrogen (secondary N) is 1. The lowest BCUT2D eigenvalue weighted by Crippen LogP contribution is -2.15. The van der Waals surface area contributed by atoms with Crippen molar-refractivity contribution < 1.29 is 4.79 Å². The van der Waals surface area contributed by atoms with Gasteiger partial charge in [-0.2, -0.15) is 0 Å². The Kier molecular flexibility index (Phi) is 4.18. The van der Waals surface area contributed by atoms with Crippen LogP contribution in [-0.4, -0.2) is 18.5 Å². The average Bonchev–Trinajstić information content (AvgIpc) is 2.42. The van der Waals surface area contributed by atoms with Gasteiger partial charge in [-0.3, -0.25) is 4.79 Å². The zero-order valence-corrected chi connectivity index (χ0v) is 12.4. The van der Waals surface area contributed by atoms with Crippen molar-refractivity contribution in [2.75, 3.05) is 12.4 Å². The highest BCUT2D eigenvalue weighted by Crippen LogP contribution is 2.23. The van der Waals surface area contributed by atoms with E-state index in [4.69, 9.17) is 0 Å². The van der Waals surface area contributed by atoms with Crippen LogP contribution in [0.1, 0.15) is 20.8 Å². The number of hydrogen-bond acceptors (Lipinski definition) is 3. The Labute approximate surface area is 120 Å². The Bertz CT molecular complexity index is 604. The van der Waals surface area contributed by atoms with Crippen molar-refractivity contribution >= 4 is 22.9 Å². The van der Waals surface area contributed by atoms with Crippen LogP contribution in [0.3, 0.4) is 0 Å². The van der Waals surface area contributed by atoms with E-state index in [1.165, 1.54) is 0 Å². The summed E-state index contributed by atoms with van der Waals surface area (Å²) in [6.45, 7) is 5.97. The monoisotopic (exact) mass is 268 g/mol. The number of nitrogens with zero attached hydrogens (tertiary/aromatic N) is 1. The molecule has 0 saturated heterocycles. The normalized spacial score (nSPS) is 17.2. The van der Waals surface area contributed by atoms with Gasteiger partial charge >= 0.3 is 0 Å². The van der Waals surface area contributed by atoms with Crippen molar-refractivity contribution in [2.45, 2.75) is 20.8 Å². The van der Waals surface area contributed by atoms with Crippen molar-refractivity contribution in [2.24, 2.45) is 10.9 Å². The molecule has 1 aromatic carbocycles. The van der Waals surface area contributed by atoms with Gasteiger partial charge in [0.1, 0.15) is 0 Å². The highest BCUT2D eigenvalue weighted by molar-refractivity contribution is 6.22. The van der Waals surface area contributed by atoms with Crippen LogP contribution < -0.4 is 5.32 Å². The number of rotatable bonds is 3. The van der Waals surface area contributed by atoms with Crippen LogP contribution in [0.25, 0.3) is 0 Å². The molecule has 3 nitrogen and oxygen atoms in total. The van der Waals surface area contributed by atoms with Crippen molar-refractivity contribution in [3.05, 3.63) is 47.6 Å². The number of aliphatic imine (C=N–C) groups is 1. The van der Waals surface area contributed by atoms with Crippen LogP contribution in [0.2, 0.25) is 0 Å². The maximum absolute atomic E-state index is 11.9. The third-order valence-electron chi connectivity index (χ3n) is 3.36. The Morgan fingerprint density at radius 1 is 1.10 bits per heavy atom. The van der Waals surface area contributed by atoms with Crippen LogP contribution in [0, 0.1) is 5.92 Å². The number of ketones is 1. The standard InChI is InChI=1S/C17H20N2O/c1-11(2)15-10-16(12(3)9-17(15)20)19-14-7-5-13(18-4)6-8-14/h5-11,18H,1-4H3. The summed E-state index contributed by atoms with van der Waals surface area (Å²) in [5.74, 6) is 0.311. The van der Waals surface area contributed by atoms with Gasteiger partial charge in [0.15, 0.2) is 5.78 Å². The van der Waals surface area contributed by atoms with Gasteiger partial charge in [0.2, 0.25) is 0 Å². The lowest BCUT2D eigenvalue weighted by molar-refractivity contribution is -0.111. The Hall–Kier alpha value is -2.16. The van der Waals surface area contributed by atoms with E-state index in [9.17, 15) is 4.79 Å². The SMILES string of the molecule is CNc1ccc(N=C2C=C(C(C)C)C(=O)C=C2C)cc1. The topological polar surface area (TPSA) is 41.5 Å². The van der Waals surface area contributed by atoms with Gasteiger partial charge in [-0.15, -0.1) is 0 Å². The largest absolute Gasteiger partial charge is 0.388 e. The predicted octanol–water partition coefficient (Wildman–Crippen LogP) is 3.91. The van der Waals surface area contributed by atoms with E-state index in [0.717, 1.165) is 28.2 Å². The second kappa shape index (κ2) is 5.87. The molecule has 0 amide bonds. The third kappa shape index (κ3) is 3.05. The molecule has 1 N–H and O–H groups in total. The molecule has 1 aliphatic carbocycles.